The predicted molar refractivity (Wildman–Crippen MR) is 72.1 cm³/mol. The number of halogens is 2. The smallest absolute Gasteiger partial charge is 0.0305 e. The third-order valence-corrected chi connectivity index (χ3v) is 4.50. The summed E-state index contributed by atoms with van der Waals surface area (Å²) in [4.78, 5) is 0. The van der Waals surface area contributed by atoms with E-state index in [1.165, 1.54) is 14.7 Å². The Hall–Kier alpha value is 0.420. The van der Waals surface area contributed by atoms with Gasteiger partial charge in [0, 0.05) is 8.01 Å². The number of rotatable bonds is 2. The molecule has 0 aliphatic heterocycles. The van der Waals surface area contributed by atoms with Crippen LogP contribution in [0.2, 0.25) is 0 Å². The van der Waals surface area contributed by atoms with Crippen molar-refractivity contribution in [3.05, 3.63) is 39.0 Å². The van der Waals surface area contributed by atoms with Crippen LogP contribution < -0.4 is 0 Å². The highest BCUT2D eigenvalue weighted by Gasteiger charge is 1.90. The molecule has 0 saturated heterocycles. The van der Waals surface area contributed by atoms with E-state index in [0.29, 0.717) is 0 Å². The largest absolute Gasteiger partial charge is 0.0807 e. The standard InChI is InChI=1S/C10H10I2/c1-8-2-4-9(5-3-8)6-10(12)7-11/h2-6H,7H2,1H3/b10-6+. The Morgan fingerprint density at radius 3 is 2.42 bits per heavy atom. The van der Waals surface area contributed by atoms with Gasteiger partial charge in [-0.05, 0) is 41.2 Å². The molecular formula is C10H10I2. The third kappa shape index (κ3) is 3.43. The fraction of sp³-hybridized carbons (Fsp3) is 0.200. The van der Waals surface area contributed by atoms with Gasteiger partial charge in [0.15, 0.2) is 0 Å². The number of hydrogen-bond acceptors (Lipinski definition) is 0. The molecule has 2 heteroatoms. The fourth-order valence-electron chi connectivity index (χ4n) is 0.882. The molecule has 12 heavy (non-hydrogen) atoms. The summed E-state index contributed by atoms with van der Waals surface area (Å²) < 4.78 is 2.48. The second-order valence-corrected chi connectivity index (χ2v) is 4.78. The molecule has 1 aromatic carbocycles. The number of hydrogen-bond donors (Lipinski definition) is 0. The van der Waals surface area contributed by atoms with Gasteiger partial charge in [0.2, 0.25) is 0 Å². The van der Waals surface area contributed by atoms with Crippen LogP contribution in [0.15, 0.2) is 27.8 Å². The molecule has 64 valence electrons. The van der Waals surface area contributed by atoms with E-state index < -0.39 is 0 Å². The summed E-state index contributed by atoms with van der Waals surface area (Å²) in [7, 11) is 0. The van der Waals surface area contributed by atoms with Crippen molar-refractivity contribution in [1.29, 1.82) is 0 Å². The van der Waals surface area contributed by atoms with Crippen LogP contribution in [0.1, 0.15) is 11.1 Å². The van der Waals surface area contributed by atoms with Crippen molar-refractivity contribution in [2.24, 2.45) is 0 Å². The number of allylic oxidation sites excluding steroid dienone is 1. The van der Waals surface area contributed by atoms with Crippen LogP contribution in [-0.2, 0) is 0 Å². The Bertz CT molecular complexity index is 272. The quantitative estimate of drug-likeness (QED) is 0.530. The first-order valence-corrected chi connectivity index (χ1v) is 6.31. The Morgan fingerprint density at radius 2 is 1.92 bits per heavy atom. The molecule has 1 rings (SSSR count). The Kier molecular flexibility index (Phi) is 4.56. The zero-order valence-corrected chi connectivity index (χ0v) is 11.2. The van der Waals surface area contributed by atoms with E-state index in [1.807, 2.05) is 0 Å². The third-order valence-electron chi connectivity index (χ3n) is 1.53. The Labute approximate surface area is 101 Å². The minimum absolute atomic E-state index is 1.09. The highest BCUT2D eigenvalue weighted by atomic mass is 127. The molecule has 0 amide bonds. The van der Waals surface area contributed by atoms with Crippen LogP contribution >= 0.6 is 45.2 Å². The van der Waals surface area contributed by atoms with Gasteiger partial charge in [-0.2, -0.15) is 0 Å². The second-order valence-electron chi connectivity index (χ2n) is 2.64. The van der Waals surface area contributed by atoms with E-state index in [4.69, 9.17) is 0 Å². The second kappa shape index (κ2) is 5.21. The minimum Gasteiger partial charge on any atom is -0.0807 e. The molecular weight excluding hydrogens is 374 g/mol. The van der Waals surface area contributed by atoms with E-state index in [2.05, 4.69) is 82.4 Å². The van der Waals surface area contributed by atoms with Crippen LogP contribution in [-0.4, -0.2) is 4.43 Å². The van der Waals surface area contributed by atoms with E-state index in [1.54, 1.807) is 0 Å². The Balaban J connectivity index is 2.84. The minimum atomic E-state index is 1.09. The molecule has 0 aliphatic rings. The topological polar surface area (TPSA) is 0 Å². The van der Waals surface area contributed by atoms with Crippen molar-refractivity contribution < 1.29 is 0 Å². The van der Waals surface area contributed by atoms with Crippen molar-refractivity contribution in [1.82, 2.24) is 0 Å². The van der Waals surface area contributed by atoms with Crippen molar-refractivity contribution in [2.75, 3.05) is 4.43 Å². The molecule has 0 unspecified atom stereocenters. The first kappa shape index (κ1) is 10.5. The van der Waals surface area contributed by atoms with Gasteiger partial charge in [0.1, 0.15) is 0 Å². The fourth-order valence-corrected chi connectivity index (χ4v) is 1.46. The number of alkyl halides is 1. The van der Waals surface area contributed by atoms with Gasteiger partial charge in [-0.3, -0.25) is 0 Å². The lowest BCUT2D eigenvalue weighted by Crippen LogP contribution is -1.76. The van der Waals surface area contributed by atoms with E-state index in [0.717, 1.165) is 4.43 Å². The SMILES string of the molecule is Cc1ccc(/C=C(/I)CI)cc1. The van der Waals surface area contributed by atoms with Crippen molar-refractivity contribution >= 4 is 51.3 Å². The average Bonchev–Trinajstić information content (AvgIpc) is 2.09. The van der Waals surface area contributed by atoms with E-state index in [9.17, 15) is 0 Å². The lowest BCUT2D eigenvalue weighted by atomic mass is 10.1. The van der Waals surface area contributed by atoms with Crippen molar-refractivity contribution in [3.63, 3.8) is 0 Å². The maximum absolute atomic E-state index is 2.37. The maximum Gasteiger partial charge on any atom is 0.0305 e. The summed E-state index contributed by atoms with van der Waals surface area (Å²) in [5, 5.41) is 0. The van der Waals surface area contributed by atoms with Gasteiger partial charge in [-0.15, -0.1) is 0 Å². The summed E-state index contributed by atoms with van der Waals surface area (Å²) in [6, 6.07) is 8.59. The lowest BCUT2D eigenvalue weighted by Gasteiger charge is -1.95. The molecule has 1 aromatic rings. The molecule has 0 radical (unpaired) electrons. The predicted octanol–water partition coefficient (Wildman–Crippen LogP) is 4.21. The van der Waals surface area contributed by atoms with Gasteiger partial charge < -0.3 is 0 Å². The summed E-state index contributed by atoms with van der Waals surface area (Å²) in [6.07, 6.45) is 2.21. The monoisotopic (exact) mass is 384 g/mol. The summed E-state index contributed by atoms with van der Waals surface area (Å²) in [5.74, 6) is 0. The van der Waals surface area contributed by atoms with E-state index in [-0.39, 0.29) is 0 Å². The normalized spacial score (nSPS) is 11.8. The zero-order valence-electron chi connectivity index (χ0n) is 6.85. The molecule has 0 heterocycles. The lowest BCUT2D eigenvalue weighted by molar-refractivity contribution is 1.46. The van der Waals surface area contributed by atoms with Crippen LogP contribution in [0, 0.1) is 6.92 Å². The average molecular weight is 384 g/mol. The molecule has 0 aliphatic carbocycles. The van der Waals surface area contributed by atoms with Gasteiger partial charge in [-0.1, -0.05) is 52.4 Å². The molecule has 0 saturated carbocycles. The first-order chi connectivity index (χ1) is 5.72. The number of aryl methyl sites for hydroxylation is 1. The zero-order chi connectivity index (χ0) is 8.97. The van der Waals surface area contributed by atoms with Gasteiger partial charge in [-0.25, -0.2) is 0 Å². The maximum atomic E-state index is 2.37. The number of benzene rings is 1. The van der Waals surface area contributed by atoms with Gasteiger partial charge >= 0.3 is 0 Å². The van der Waals surface area contributed by atoms with Crippen molar-refractivity contribution in [2.45, 2.75) is 6.92 Å². The van der Waals surface area contributed by atoms with Crippen LogP contribution in [0.5, 0.6) is 0 Å². The molecule has 0 atom stereocenters. The van der Waals surface area contributed by atoms with Gasteiger partial charge in [0.05, 0.1) is 0 Å². The van der Waals surface area contributed by atoms with Crippen molar-refractivity contribution in [3.8, 4) is 0 Å². The molecule has 0 N–H and O–H groups in total. The summed E-state index contributed by atoms with van der Waals surface area (Å²) >= 11 is 4.74. The molecule has 0 nitrogen and oxygen atoms in total. The van der Waals surface area contributed by atoms with Crippen LogP contribution in [0.4, 0.5) is 0 Å². The summed E-state index contributed by atoms with van der Waals surface area (Å²) in [6.45, 7) is 2.11. The van der Waals surface area contributed by atoms with Crippen LogP contribution in [0.3, 0.4) is 0 Å². The van der Waals surface area contributed by atoms with E-state index >= 15 is 0 Å². The summed E-state index contributed by atoms with van der Waals surface area (Å²) in [5.41, 5.74) is 2.61. The Morgan fingerprint density at radius 1 is 1.33 bits per heavy atom. The first-order valence-electron chi connectivity index (χ1n) is 3.71. The highest BCUT2D eigenvalue weighted by molar-refractivity contribution is 14.1. The molecule has 0 bridgehead atoms. The molecule has 0 aromatic heterocycles. The highest BCUT2D eigenvalue weighted by Crippen LogP contribution is 2.15. The molecule has 0 fully saturated rings. The van der Waals surface area contributed by atoms with Crippen LogP contribution in [0.25, 0.3) is 6.08 Å². The molecule has 0 spiro atoms. The van der Waals surface area contributed by atoms with Gasteiger partial charge in [0.25, 0.3) is 0 Å².